The van der Waals surface area contributed by atoms with Crippen LogP contribution in [0.15, 0.2) is 29.0 Å². The lowest BCUT2D eigenvalue weighted by molar-refractivity contribution is 0.0999. The lowest BCUT2D eigenvalue weighted by Crippen LogP contribution is -2.12. The van der Waals surface area contributed by atoms with Gasteiger partial charge in [-0.1, -0.05) is 0 Å². The Morgan fingerprint density at radius 3 is 2.79 bits per heavy atom. The maximum atomic E-state index is 11.6. The minimum Gasteiger partial charge on any atom is -0.366 e. The smallest absolute Gasteiger partial charge is 0.251 e. The number of primary amides is 1. The third kappa shape index (κ3) is 1.98. The summed E-state index contributed by atoms with van der Waals surface area (Å²) in [6.07, 6.45) is 5.84. The van der Waals surface area contributed by atoms with E-state index in [0.717, 1.165) is 34.3 Å². The molecule has 0 atom stereocenters. The van der Waals surface area contributed by atoms with Gasteiger partial charge in [0.15, 0.2) is 0 Å². The van der Waals surface area contributed by atoms with Crippen molar-refractivity contribution < 1.29 is 4.79 Å². The molecule has 3 rings (SSSR count). The first kappa shape index (κ1) is 12.4. The monoisotopic (exact) mass is 319 g/mol. The quantitative estimate of drug-likeness (QED) is 0.945. The van der Waals surface area contributed by atoms with Gasteiger partial charge in [0.2, 0.25) is 0 Å². The summed E-state index contributed by atoms with van der Waals surface area (Å²) in [6, 6.07) is 4.36. The Morgan fingerprint density at radius 1 is 1.53 bits per heavy atom. The zero-order valence-electron chi connectivity index (χ0n) is 10.6. The average Bonchev–Trinajstić information content (AvgIpc) is 3.16. The summed E-state index contributed by atoms with van der Waals surface area (Å²) in [7, 11) is 0. The molecule has 2 N–H and O–H groups in total. The van der Waals surface area contributed by atoms with Crippen LogP contribution in [0.5, 0.6) is 0 Å². The van der Waals surface area contributed by atoms with Crippen LogP contribution < -0.4 is 5.73 Å². The number of aromatic nitrogens is 2. The number of carbonyl (C=O) groups excluding carboxylic acids is 1. The first-order valence-corrected chi connectivity index (χ1v) is 7.01. The Balaban J connectivity index is 2.28. The molecule has 1 aliphatic rings. The van der Waals surface area contributed by atoms with Crippen molar-refractivity contribution in [3.8, 4) is 11.3 Å². The van der Waals surface area contributed by atoms with Crippen molar-refractivity contribution in [3.63, 3.8) is 0 Å². The summed E-state index contributed by atoms with van der Waals surface area (Å²) >= 11 is 3.54. The highest BCUT2D eigenvalue weighted by Crippen LogP contribution is 2.45. The van der Waals surface area contributed by atoms with Crippen LogP contribution >= 0.6 is 15.9 Å². The zero-order valence-corrected chi connectivity index (χ0v) is 12.1. The Labute approximate surface area is 119 Å². The molecule has 0 aromatic carbocycles. The molecule has 1 amide bonds. The SMILES string of the molecule is Cc1c(C(N)=O)c(Br)c(-c2cccnc2)n1C1CC1. The van der Waals surface area contributed by atoms with Gasteiger partial charge in [-0.25, -0.2) is 0 Å². The fourth-order valence-electron chi connectivity index (χ4n) is 2.52. The molecule has 0 saturated heterocycles. The Hall–Kier alpha value is -1.62. The number of amides is 1. The maximum absolute atomic E-state index is 11.6. The van der Waals surface area contributed by atoms with Crippen LogP contribution in [0.2, 0.25) is 0 Å². The molecule has 4 nitrogen and oxygen atoms in total. The fourth-order valence-corrected chi connectivity index (χ4v) is 3.42. The predicted octanol–water partition coefficient (Wildman–Crippen LogP) is 3.05. The number of carbonyl (C=O) groups is 1. The molecule has 0 radical (unpaired) electrons. The van der Waals surface area contributed by atoms with Crippen LogP contribution in [0.3, 0.4) is 0 Å². The first-order valence-electron chi connectivity index (χ1n) is 6.21. The topological polar surface area (TPSA) is 60.9 Å². The van der Waals surface area contributed by atoms with Gasteiger partial charge in [0.25, 0.3) is 5.91 Å². The Kier molecular flexibility index (Phi) is 2.93. The van der Waals surface area contributed by atoms with Crippen molar-refractivity contribution in [1.29, 1.82) is 0 Å². The lowest BCUT2D eigenvalue weighted by atomic mass is 10.2. The summed E-state index contributed by atoms with van der Waals surface area (Å²) < 4.78 is 2.98. The van der Waals surface area contributed by atoms with E-state index in [1.807, 2.05) is 25.3 Å². The second kappa shape index (κ2) is 4.49. The van der Waals surface area contributed by atoms with Crippen molar-refractivity contribution in [3.05, 3.63) is 40.3 Å². The van der Waals surface area contributed by atoms with Gasteiger partial charge >= 0.3 is 0 Å². The molecular weight excluding hydrogens is 306 g/mol. The molecule has 0 unspecified atom stereocenters. The molecule has 1 aliphatic carbocycles. The van der Waals surface area contributed by atoms with E-state index >= 15 is 0 Å². The number of nitrogens with two attached hydrogens (primary N) is 1. The van der Waals surface area contributed by atoms with Gasteiger partial charge in [-0.2, -0.15) is 0 Å². The predicted molar refractivity (Wildman–Crippen MR) is 76.9 cm³/mol. The number of hydrogen-bond acceptors (Lipinski definition) is 2. The molecule has 0 spiro atoms. The molecule has 98 valence electrons. The maximum Gasteiger partial charge on any atom is 0.251 e. The van der Waals surface area contributed by atoms with E-state index in [2.05, 4.69) is 25.5 Å². The first-order chi connectivity index (χ1) is 9.11. The third-order valence-electron chi connectivity index (χ3n) is 3.48. The van der Waals surface area contributed by atoms with Gasteiger partial charge in [-0.15, -0.1) is 0 Å². The van der Waals surface area contributed by atoms with Crippen LogP contribution in [0.25, 0.3) is 11.3 Å². The van der Waals surface area contributed by atoms with E-state index in [0.29, 0.717) is 11.6 Å². The molecule has 19 heavy (non-hydrogen) atoms. The summed E-state index contributed by atoms with van der Waals surface area (Å²) in [5.74, 6) is -0.395. The van der Waals surface area contributed by atoms with E-state index in [1.54, 1.807) is 6.20 Å². The number of halogens is 1. The van der Waals surface area contributed by atoms with Crippen molar-refractivity contribution in [1.82, 2.24) is 9.55 Å². The van der Waals surface area contributed by atoms with Crippen LogP contribution in [-0.2, 0) is 0 Å². The second-order valence-corrected chi connectivity index (χ2v) is 5.62. The van der Waals surface area contributed by atoms with E-state index in [4.69, 9.17) is 5.73 Å². The van der Waals surface area contributed by atoms with Crippen LogP contribution in [0.1, 0.15) is 34.9 Å². The molecule has 0 bridgehead atoms. The lowest BCUT2D eigenvalue weighted by Gasteiger charge is -2.10. The van der Waals surface area contributed by atoms with Crippen LogP contribution in [0, 0.1) is 6.92 Å². The summed E-state index contributed by atoms with van der Waals surface area (Å²) in [5, 5.41) is 0. The minimum atomic E-state index is -0.395. The zero-order chi connectivity index (χ0) is 13.6. The normalized spacial score (nSPS) is 14.6. The van der Waals surface area contributed by atoms with Gasteiger partial charge in [-0.05, 0) is 47.8 Å². The van der Waals surface area contributed by atoms with Crippen molar-refractivity contribution >= 4 is 21.8 Å². The van der Waals surface area contributed by atoms with E-state index in [9.17, 15) is 4.79 Å². The van der Waals surface area contributed by atoms with Gasteiger partial charge in [-0.3, -0.25) is 9.78 Å². The van der Waals surface area contributed by atoms with Crippen molar-refractivity contribution in [2.24, 2.45) is 5.73 Å². The number of rotatable bonds is 3. The fraction of sp³-hybridized carbons (Fsp3) is 0.286. The highest BCUT2D eigenvalue weighted by atomic mass is 79.9. The standard InChI is InChI=1S/C14H14BrN3O/c1-8-11(14(16)19)12(15)13(18(8)10-4-5-10)9-3-2-6-17-7-9/h2-3,6-7,10H,4-5H2,1H3,(H2,16,19). The highest BCUT2D eigenvalue weighted by Gasteiger charge is 2.32. The number of pyridine rings is 1. The molecule has 1 fully saturated rings. The summed E-state index contributed by atoms with van der Waals surface area (Å²) in [4.78, 5) is 15.8. The van der Waals surface area contributed by atoms with E-state index in [1.165, 1.54) is 0 Å². The summed E-state index contributed by atoms with van der Waals surface area (Å²) in [6.45, 7) is 1.95. The van der Waals surface area contributed by atoms with Crippen molar-refractivity contribution in [2.45, 2.75) is 25.8 Å². The average molecular weight is 320 g/mol. The largest absolute Gasteiger partial charge is 0.366 e. The molecule has 2 aromatic rings. The van der Waals surface area contributed by atoms with Crippen LogP contribution in [0.4, 0.5) is 0 Å². The molecular formula is C14H14BrN3O. The third-order valence-corrected chi connectivity index (χ3v) is 4.26. The van der Waals surface area contributed by atoms with E-state index in [-0.39, 0.29) is 0 Å². The molecule has 2 aromatic heterocycles. The molecule has 5 heteroatoms. The van der Waals surface area contributed by atoms with Gasteiger partial charge in [0, 0.05) is 29.7 Å². The second-order valence-electron chi connectivity index (χ2n) is 4.83. The van der Waals surface area contributed by atoms with Crippen LogP contribution in [-0.4, -0.2) is 15.5 Å². The number of nitrogens with zero attached hydrogens (tertiary/aromatic N) is 2. The van der Waals surface area contributed by atoms with E-state index < -0.39 is 5.91 Å². The molecule has 2 heterocycles. The Bertz CT molecular complexity index is 644. The Morgan fingerprint density at radius 2 is 2.26 bits per heavy atom. The van der Waals surface area contributed by atoms with Crippen molar-refractivity contribution in [2.75, 3.05) is 0 Å². The van der Waals surface area contributed by atoms with Gasteiger partial charge < -0.3 is 10.3 Å². The van der Waals surface area contributed by atoms with Gasteiger partial charge in [0.1, 0.15) is 0 Å². The summed E-state index contributed by atoms with van der Waals surface area (Å²) in [5.41, 5.74) is 9.00. The molecule has 1 saturated carbocycles. The highest BCUT2D eigenvalue weighted by molar-refractivity contribution is 9.10. The minimum absolute atomic E-state index is 0.395. The number of hydrogen-bond donors (Lipinski definition) is 1. The van der Waals surface area contributed by atoms with Gasteiger partial charge in [0.05, 0.1) is 15.7 Å². The molecule has 0 aliphatic heterocycles.